The summed E-state index contributed by atoms with van der Waals surface area (Å²) in [5.41, 5.74) is 3.26. The van der Waals surface area contributed by atoms with Gasteiger partial charge in [-0.3, -0.25) is 0 Å². The Morgan fingerprint density at radius 3 is 2.90 bits per heavy atom. The molecule has 0 saturated heterocycles. The molecule has 0 amide bonds. The van der Waals surface area contributed by atoms with Gasteiger partial charge in [-0.15, -0.1) is 0 Å². The van der Waals surface area contributed by atoms with E-state index in [1.165, 1.54) is 10.9 Å². The molecule has 1 aromatic heterocycles. The highest BCUT2D eigenvalue weighted by Crippen LogP contribution is 2.26. The van der Waals surface area contributed by atoms with E-state index in [4.69, 9.17) is 16.3 Å². The Morgan fingerprint density at radius 2 is 2.05 bits per heavy atom. The lowest BCUT2D eigenvalue weighted by Gasteiger charge is -2.11. The number of para-hydroxylation sites is 2. The molecule has 3 rings (SSSR count). The van der Waals surface area contributed by atoms with Gasteiger partial charge in [-0.05, 0) is 36.8 Å². The lowest BCUT2D eigenvalue weighted by molar-refractivity contribution is 0.341. The van der Waals surface area contributed by atoms with Crippen molar-refractivity contribution in [2.24, 2.45) is 0 Å². The number of hydrogen-bond donors (Lipinski definition) is 2. The molecule has 1 heterocycles. The molecule has 0 aliphatic rings. The van der Waals surface area contributed by atoms with Crippen LogP contribution in [-0.2, 0) is 6.54 Å². The van der Waals surface area contributed by atoms with Crippen molar-refractivity contribution >= 4 is 28.2 Å². The number of hydrogen-bond acceptors (Lipinski definition) is 2. The van der Waals surface area contributed by atoms with Crippen LogP contribution in [0.3, 0.4) is 0 Å². The van der Waals surface area contributed by atoms with Crippen molar-refractivity contribution in [3.05, 3.63) is 59.2 Å². The summed E-state index contributed by atoms with van der Waals surface area (Å²) >= 11 is 6.00. The molecule has 0 spiro atoms. The molecular formula is C17H17ClN2O. The molecule has 2 N–H and O–H groups in total. The lowest BCUT2D eigenvalue weighted by atomic mass is 10.1. The summed E-state index contributed by atoms with van der Waals surface area (Å²) in [5.74, 6) is 0.878. The standard InChI is InChI=1S/C17H17ClN2O/c1-2-21-17-6-4-3-5-15(17)19-10-12-11-20-16-9-13(18)7-8-14(12)16/h3-9,11,19-20H,2,10H2,1H3. The van der Waals surface area contributed by atoms with E-state index in [9.17, 15) is 0 Å². The van der Waals surface area contributed by atoms with Gasteiger partial charge in [-0.1, -0.05) is 29.8 Å². The van der Waals surface area contributed by atoms with Crippen LogP contribution in [0.4, 0.5) is 5.69 Å². The molecule has 0 unspecified atom stereocenters. The van der Waals surface area contributed by atoms with Gasteiger partial charge in [-0.25, -0.2) is 0 Å². The first-order chi connectivity index (χ1) is 10.3. The molecule has 0 fully saturated rings. The fourth-order valence-electron chi connectivity index (χ4n) is 2.39. The van der Waals surface area contributed by atoms with E-state index in [-0.39, 0.29) is 0 Å². The van der Waals surface area contributed by atoms with Crippen molar-refractivity contribution in [3.63, 3.8) is 0 Å². The van der Waals surface area contributed by atoms with Crippen molar-refractivity contribution in [2.75, 3.05) is 11.9 Å². The normalized spacial score (nSPS) is 10.8. The summed E-state index contributed by atoms with van der Waals surface area (Å²) < 4.78 is 5.62. The molecule has 0 atom stereocenters. The number of fused-ring (bicyclic) bond motifs is 1. The van der Waals surface area contributed by atoms with Gasteiger partial charge in [0.1, 0.15) is 5.75 Å². The molecule has 3 nitrogen and oxygen atoms in total. The molecule has 0 aliphatic carbocycles. The fourth-order valence-corrected chi connectivity index (χ4v) is 2.56. The zero-order valence-electron chi connectivity index (χ0n) is 11.8. The lowest BCUT2D eigenvalue weighted by Crippen LogP contribution is -2.02. The number of benzene rings is 2. The van der Waals surface area contributed by atoms with Crippen molar-refractivity contribution in [2.45, 2.75) is 13.5 Å². The van der Waals surface area contributed by atoms with Gasteiger partial charge >= 0.3 is 0 Å². The first kappa shape index (κ1) is 13.8. The second-order valence-corrected chi connectivity index (χ2v) is 5.22. The summed E-state index contributed by atoms with van der Waals surface area (Å²) in [5, 5.41) is 5.35. The van der Waals surface area contributed by atoms with Gasteiger partial charge < -0.3 is 15.0 Å². The number of nitrogens with one attached hydrogen (secondary N) is 2. The van der Waals surface area contributed by atoms with E-state index in [1.807, 2.05) is 55.6 Å². The van der Waals surface area contributed by atoms with Crippen LogP contribution in [0.15, 0.2) is 48.7 Å². The van der Waals surface area contributed by atoms with E-state index >= 15 is 0 Å². The number of rotatable bonds is 5. The van der Waals surface area contributed by atoms with Crippen LogP contribution < -0.4 is 10.1 Å². The third-order valence-corrected chi connectivity index (χ3v) is 3.62. The quantitative estimate of drug-likeness (QED) is 0.708. The molecule has 21 heavy (non-hydrogen) atoms. The average molecular weight is 301 g/mol. The van der Waals surface area contributed by atoms with Gasteiger partial charge in [0.05, 0.1) is 12.3 Å². The minimum Gasteiger partial charge on any atom is -0.492 e. The molecule has 3 aromatic rings. The van der Waals surface area contributed by atoms with E-state index in [2.05, 4.69) is 10.3 Å². The third kappa shape index (κ3) is 2.98. The number of H-pyrrole nitrogens is 1. The van der Waals surface area contributed by atoms with Crippen LogP contribution in [0.5, 0.6) is 5.75 Å². The zero-order chi connectivity index (χ0) is 14.7. The highest BCUT2D eigenvalue weighted by Gasteiger charge is 2.06. The molecule has 4 heteroatoms. The largest absolute Gasteiger partial charge is 0.492 e. The van der Waals surface area contributed by atoms with Gasteiger partial charge in [0.2, 0.25) is 0 Å². The highest BCUT2D eigenvalue weighted by atomic mass is 35.5. The summed E-state index contributed by atoms with van der Waals surface area (Å²) in [4.78, 5) is 3.25. The maximum atomic E-state index is 6.00. The Morgan fingerprint density at radius 1 is 1.19 bits per heavy atom. The monoisotopic (exact) mass is 300 g/mol. The van der Waals surface area contributed by atoms with Crippen LogP contribution in [0.25, 0.3) is 10.9 Å². The minimum atomic E-state index is 0.657. The van der Waals surface area contributed by atoms with Crippen molar-refractivity contribution < 1.29 is 4.74 Å². The van der Waals surface area contributed by atoms with Crippen LogP contribution in [-0.4, -0.2) is 11.6 Å². The number of aromatic nitrogens is 1. The molecular weight excluding hydrogens is 284 g/mol. The van der Waals surface area contributed by atoms with E-state index < -0.39 is 0 Å². The number of aromatic amines is 1. The van der Waals surface area contributed by atoms with Crippen LogP contribution in [0.2, 0.25) is 5.02 Å². The Balaban J connectivity index is 1.80. The Labute approximate surface area is 128 Å². The first-order valence-electron chi connectivity index (χ1n) is 6.99. The number of anilines is 1. The topological polar surface area (TPSA) is 37.0 Å². The number of halogens is 1. The van der Waals surface area contributed by atoms with Crippen molar-refractivity contribution in [1.82, 2.24) is 4.98 Å². The summed E-state index contributed by atoms with van der Waals surface area (Å²) in [6.45, 7) is 3.37. The van der Waals surface area contributed by atoms with Gasteiger partial charge in [0.25, 0.3) is 0 Å². The SMILES string of the molecule is CCOc1ccccc1NCc1c[nH]c2cc(Cl)ccc12. The molecule has 2 aromatic carbocycles. The van der Waals surface area contributed by atoms with Gasteiger partial charge in [0, 0.05) is 28.7 Å². The van der Waals surface area contributed by atoms with E-state index in [0.717, 1.165) is 28.5 Å². The first-order valence-corrected chi connectivity index (χ1v) is 7.37. The Kier molecular flexibility index (Phi) is 4.02. The van der Waals surface area contributed by atoms with Crippen molar-refractivity contribution in [3.8, 4) is 5.75 Å². The van der Waals surface area contributed by atoms with Gasteiger partial charge in [-0.2, -0.15) is 0 Å². The Hall–Kier alpha value is -2.13. The molecule has 0 saturated carbocycles. The highest BCUT2D eigenvalue weighted by molar-refractivity contribution is 6.31. The van der Waals surface area contributed by atoms with Crippen LogP contribution in [0, 0.1) is 0 Å². The number of ether oxygens (including phenoxy) is 1. The summed E-state index contributed by atoms with van der Waals surface area (Å²) in [6, 6.07) is 13.9. The molecule has 0 aliphatic heterocycles. The minimum absolute atomic E-state index is 0.657. The van der Waals surface area contributed by atoms with Gasteiger partial charge in [0.15, 0.2) is 0 Å². The molecule has 0 bridgehead atoms. The third-order valence-electron chi connectivity index (χ3n) is 3.39. The van der Waals surface area contributed by atoms with Crippen LogP contribution >= 0.6 is 11.6 Å². The van der Waals surface area contributed by atoms with E-state index in [1.54, 1.807) is 0 Å². The average Bonchev–Trinajstić information content (AvgIpc) is 2.89. The maximum Gasteiger partial charge on any atom is 0.142 e. The maximum absolute atomic E-state index is 6.00. The molecule has 0 radical (unpaired) electrons. The predicted octanol–water partition coefficient (Wildman–Crippen LogP) is 4.83. The van der Waals surface area contributed by atoms with Crippen LogP contribution in [0.1, 0.15) is 12.5 Å². The van der Waals surface area contributed by atoms with Crippen molar-refractivity contribution in [1.29, 1.82) is 0 Å². The summed E-state index contributed by atoms with van der Waals surface area (Å²) in [7, 11) is 0. The van der Waals surface area contributed by atoms with E-state index in [0.29, 0.717) is 6.61 Å². The summed E-state index contributed by atoms with van der Waals surface area (Å²) in [6.07, 6.45) is 2.01. The zero-order valence-corrected chi connectivity index (χ0v) is 12.6. The smallest absolute Gasteiger partial charge is 0.142 e. The predicted molar refractivity (Wildman–Crippen MR) is 88.2 cm³/mol. The fraction of sp³-hybridized carbons (Fsp3) is 0.176. The molecule has 108 valence electrons. The second-order valence-electron chi connectivity index (χ2n) is 4.79. The Bertz CT molecular complexity index is 751. The second kappa shape index (κ2) is 6.10.